The van der Waals surface area contributed by atoms with Gasteiger partial charge in [-0.1, -0.05) is 78.8 Å². The number of aliphatic hydroxyl groups is 2. The average Bonchev–Trinajstić information content (AvgIpc) is 3.04. The molecule has 0 aromatic heterocycles. The minimum absolute atomic E-state index is 0.261. The lowest BCUT2D eigenvalue weighted by atomic mass is 10.0. The predicted octanol–water partition coefficient (Wildman–Crippen LogP) is 4.91. The Morgan fingerprint density at radius 1 is 0.912 bits per heavy atom. The number of hydrogen-bond acceptors (Lipinski definition) is 6. The Morgan fingerprint density at radius 2 is 1.44 bits per heavy atom. The summed E-state index contributed by atoms with van der Waals surface area (Å²) in [7, 11) is -3.89. The molecule has 0 spiro atoms. The maximum Gasteiger partial charge on any atom is 0.271 e. The Labute approximate surface area is 208 Å². The van der Waals surface area contributed by atoms with E-state index in [2.05, 4.69) is 16.6 Å². The maximum absolute atomic E-state index is 13.5. The molecule has 1 atom stereocenters. The van der Waals surface area contributed by atoms with Gasteiger partial charge in [0, 0.05) is 29.1 Å². The first-order chi connectivity index (χ1) is 16.2. The minimum Gasteiger partial charge on any atom is -0.364 e. The van der Waals surface area contributed by atoms with Crippen LogP contribution in [0, 0.1) is 0 Å². The van der Waals surface area contributed by atoms with Crippen LogP contribution in [0.1, 0.15) is 35.5 Å². The van der Waals surface area contributed by atoms with Crippen LogP contribution in [0.4, 0.5) is 5.69 Å². The smallest absolute Gasteiger partial charge is 0.271 e. The van der Waals surface area contributed by atoms with E-state index in [1.54, 1.807) is 36.4 Å². The number of hydrogen-bond donors (Lipinski definition) is 3. The minimum atomic E-state index is -3.89. The summed E-state index contributed by atoms with van der Waals surface area (Å²) >= 11 is 7.23. The topological polar surface area (TPSA) is 99.0 Å². The number of rotatable bonds is 7. The summed E-state index contributed by atoms with van der Waals surface area (Å²) in [6, 6.07) is 21.6. The zero-order chi connectivity index (χ0) is 24.3. The molecule has 0 aliphatic carbocycles. The fourth-order valence-corrected chi connectivity index (χ4v) is 7.25. The Kier molecular flexibility index (Phi) is 7.35. The second-order valence-electron chi connectivity index (χ2n) is 8.15. The van der Waals surface area contributed by atoms with Gasteiger partial charge in [0.15, 0.2) is 15.5 Å². The highest BCUT2D eigenvalue weighted by Gasteiger charge is 2.51. The average molecular weight is 517 g/mol. The SMILES string of the molecule is CCc1ccc(CC2(Cc3ccc(Cl)cc3)SC(Nc3ccc(C(O)O)cc3)=NS2(=O)=O)cc1. The molecule has 34 heavy (non-hydrogen) atoms. The second-order valence-corrected chi connectivity index (χ2v) is 12.1. The Bertz CT molecular complexity index is 1280. The molecule has 3 aromatic rings. The lowest BCUT2D eigenvalue weighted by Gasteiger charge is -2.26. The molecule has 0 saturated heterocycles. The number of benzene rings is 3. The lowest BCUT2D eigenvalue weighted by Crippen LogP contribution is -2.36. The van der Waals surface area contributed by atoms with E-state index in [0.29, 0.717) is 16.3 Å². The van der Waals surface area contributed by atoms with Crippen molar-refractivity contribution in [3.63, 3.8) is 0 Å². The Hall–Kier alpha value is -2.36. The fourth-order valence-electron chi connectivity index (χ4n) is 3.78. The van der Waals surface area contributed by atoms with Crippen LogP contribution < -0.4 is 5.32 Å². The summed E-state index contributed by atoms with van der Waals surface area (Å²) in [6.45, 7) is 2.08. The molecule has 3 N–H and O–H groups in total. The van der Waals surface area contributed by atoms with Crippen LogP contribution in [0.25, 0.3) is 0 Å². The van der Waals surface area contributed by atoms with Crippen molar-refractivity contribution in [3.8, 4) is 0 Å². The van der Waals surface area contributed by atoms with Crippen LogP contribution in [0.2, 0.25) is 5.02 Å². The van der Waals surface area contributed by atoms with Crippen molar-refractivity contribution in [3.05, 3.63) is 100 Å². The van der Waals surface area contributed by atoms with E-state index < -0.39 is 20.4 Å². The van der Waals surface area contributed by atoms with Gasteiger partial charge in [0.1, 0.15) is 0 Å². The highest BCUT2D eigenvalue weighted by molar-refractivity contribution is 8.26. The van der Waals surface area contributed by atoms with E-state index in [-0.39, 0.29) is 18.0 Å². The van der Waals surface area contributed by atoms with Gasteiger partial charge in [-0.3, -0.25) is 0 Å². The first-order valence-corrected chi connectivity index (χ1v) is 13.4. The summed E-state index contributed by atoms with van der Waals surface area (Å²) < 4.78 is 29.8. The summed E-state index contributed by atoms with van der Waals surface area (Å²) in [6.07, 6.45) is -0.112. The molecular weight excluding hydrogens is 492 g/mol. The largest absolute Gasteiger partial charge is 0.364 e. The number of halogens is 1. The quantitative estimate of drug-likeness (QED) is 0.386. The molecule has 9 heteroatoms. The third-order valence-electron chi connectivity index (χ3n) is 5.71. The van der Waals surface area contributed by atoms with Gasteiger partial charge < -0.3 is 15.5 Å². The van der Waals surface area contributed by atoms with Crippen molar-refractivity contribution >= 4 is 44.2 Å². The number of amidine groups is 1. The van der Waals surface area contributed by atoms with Gasteiger partial charge in [-0.25, -0.2) is 8.42 Å². The summed E-state index contributed by atoms with van der Waals surface area (Å²) in [5.41, 5.74) is 3.89. The monoisotopic (exact) mass is 516 g/mol. The highest BCUT2D eigenvalue weighted by Crippen LogP contribution is 2.45. The Morgan fingerprint density at radius 3 is 1.97 bits per heavy atom. The predicted molar refractivity (Wildman–Crippen MR) is 139 cm³/mol. The normalized spacial score (nSPS) is 19.3. The van der Waals surface area contributed by atoms with Crippen molar-refractivity contribution in [1.29, 1.82) is 0 Å². The van der Waals surface area contributed by atoms with Gasteiger partial charge in [0.2, 0.25) is 0 Å². The number of aryl methyl sites for hydroxylation is 1. The van der Waals surface area contributed by atoms with Gasteiger partial charge in [-0.2, -0.15) is 0 Å². The molecule has 3 aromatic carbocycles. The van der Waals surface area contributed by atoms with Crippen molar-refractivity contribution < 1.29 is 18.6 Å². The number of anilines is 1. The molecule has 0 fully saturated rings. The summed E-state index contributed by atoms with van der Waals surface area (Å²) in [5.74, 6) is 0. The van der Waals surface area contributed by atoms with Gasteiger partial charge in [-0.15, -0.1) is 4.40 Å². The van der Waals surface area contributed by atoms with E-state index in [4.69, 9.17) is 11.6 Å². The van der Waals surface area contributed by atoms with Crippen LogP contribution in [0.15, 0.2) is 77.2 Å². The van der Waals surface area contributed by atoms with Crippen molar-refractivity contribution in [2.45, 2.75) is 36.6 Å². The molecule has 0 radical (unpaired) electrons. The van der Waals surface area contributed by atoms with E-state index in [1.165, 1.54) is 17.3 Å². The Balaban J connectivity index is 1.64. The number of sulfonamides is 1. The van der Waals surface area contributed by atoms with E-state index >= 15 is 0 Å². The molecule has 1 aliphatic rings. The van der Waals surface area contributed by atoms with Crippen molar-refractivity contribution in [2.24, 2.45) is 4.40 Å². The third-order valence-corrected chi connectivity index (χ3v) is 9.66. The van der Waals surface area contributed by atoms with Gasteiger partial charge >= 0.3 is 0 Å². The number of aliphatic hydroxyl groups excluding tert-OH is 1. The summed E-state index contributed by atoms with van der Waals surface area (Å²) in [4.78, 5) is 0. The standard InChI is InChI=1S/C25H25ClN2O4S2/c1-2-17-3-5-18(6-4-17)15-25(16-19-7-11-21(26)12-8-19)33-24(28-34(25,31)32)27-22-13-9-20(10-14-22)23(29)30/h3-14,23,29-30H,2,15-16H2,1H3,(H,27,28). The van der Waals surface area contributed by atoms with Crippen LogP contribution in [0.5, 0.6) is 0 Å². The lowest BCUT2D eigenvalue weighted by molar-refractivity contribution is -0.0424. The fraction of sp³-hybridized carbons (Fsp3) is 0.240. The zero-order valence-corrected chi connectivity index (χ0v) is 20.9. The van der Waals surface area contributed by atoms with E-state index in [0.717, 1.165) is 17.5 Å². The molecule has 4 rings (SSSR count). The van der Waals surface area contributed by atoms with Gasteiger partial charge in [-0.05, 0) is 47.4 Å². The van der Waals surface area contributed by atoms with E-state index in [1.807, 2.05) is 36.4 Å². The first kappa shape index (κ1) is 24.8. The zero-order valence-electron chi connectivity index (χ0n) is 18.5. The van der Waals surface area contributed by atoms with Crippen LogP contribution in [-0.4, -0.2) is 27.9 Å². The molecule has 0 saturated carbocycles. The molecule has 1 aliphatic heterocycles. The van der Waals surface area contributed by atoms with Crippen LogP contribution >= 0.6 is 23.4 Å². The van der Waals surface area contributed by atoms with Gasteiger partial charge in [0.05, 0.1) is 0 Å². The van der Waals surface area contributed by atoms with Crippen LogP contribution in [0.3, 0.4) is 0 Å². The molecule has 1 heterocycles. The molecule has 6 nitrogen and oxygen atoms in total. The molecule has 0 amide bonds. The first-order valence-electron chi connectivity index (χ1n) is 10.8. The van der Waals surface area contributed by atoms with E-state index in [9.17, 15) is 18.6 Å². The van der Waals surface area contributed by atoms with Crippen LogP contribution in [-0.2, 0) is 29.3 Å². The number of thioether (sulfide) groups is 1. The number of nitrogens with one attached hydrogen (secondary N) is 1. The number of nitrogens with zero attached hydrogens (tertiary/aromatic N) is 1. The molecule has 1 unspecified atom stereocenters. The third kappa shape index (κ3) is 5.47. The van der Waals surface area contributed by atoms with Crippen molar-refractivity contribution in [2.75, 3.05) is 5.32 Å². The molecular formula is C25H25ClN2O4S2. The molecule has 0 bridgehead atoms. The highest BCUT2D eigenvalue weighted by atomic mass is 35.5. The van der Waals surface area contributed by atoms with Crippen molar-refractivity contribution in [1.82, 2.24) is 0 Å². The second kappa shape index (κ2) is 10.1. The summed E-state index contributed by atoms with van der Waals surface area (Å²) in [5, 5.41) is 22.5. The maximum atomic E-state index is 13.5. The molecule has 178 valence electrons. The van der Waals surface area contributed by atoms with Gasteiger partial charge in [0.25, 0.3) is 10.0 Å².